The van der Waals surface area contributed by atoms with Gasteiger partial charge in [0.05, 0.1) is 11.4 Å². The lowest BCUT2D eigenvalue weighted by Gasteiger charge is -2.24. The van der Waals surface area contributed by atoms with Crippen LogP contribution in [0.5, 0.6) is 0 Å². The molecule has 2 aromatic heterocycles. The maximum atomic E-state index is 12.0. The van der Waals surface area contributed by atoms with Gasteiger partial charge in [-0.15, -0.1) is 10.2 Å². The Hall–Kier alpha value is -1.83. The predicted octanol–water partition coefficient (Wildman–Crippen LogP) is 3.12. The lowest BCUT2D eigenvalue weighted by atomic mass is 9.95. The first kappa shape index (κ1) is 16.0. The third-order valence-electron chi connectivity index (χ3n) is 4.00. The van der Waals surface area contributed by atoms with Gasteiger partial charge in [-0.05, 0) is 26.7 Å². The van der Waals surface area contributed by atoms with Crippen LogP contribution in [-0.4, -0.2) is 31.6 Å². The molecular formula is C15H21N5O2S. The quantitative estimate of drug-likeness (QED) is 0.845. The van der Waals surface area contributed by atoms with Gasteiger partial charge in [-0.25, -0.2) is 0 Å². The minimum Gasteiger partial charge on any atom is -0.338 e. The Bertz CT molecular complexity index is 675. The van der Waals surface area contributed by atoms with E-state index >= 15 is 0 Å². The van der Waals surface area contributed by atoms with Crippen molar-refractivity contribution in [3.8, 4) is 0 Å². The Morgan fingerprint density at radius 3 is 2.83 bits per heavy atom. The molecule has 0 bridgehead atoms. The fourth-order valence-corrected chi connectivity index (χ4v) is 3.79. The third kappa shape index (κ3) is 3.93. The first-order valence-electron chi connectivity index (χ1n) is 7.91. The van der Waals surface area contributed by atoms with Crippen LogP contribution in [0, 0.1) is 13.8 Å². The summed E-state index contributed by atoms with van der Waals surface area (Å²) < 4.78 is 7.18. The van der Waals surface area contributed by atoms with Gasteiger partial charge in [0.15, 0.2) is 5.16 Å². The van der Waals surface area contributed by atoms with Crippen molar-refractivity contribution < 1.29 is 9.32 Å². The van der Waals surface area contributed by atoms with Crippen LogP contribution in [-0.2, 0) is 4.79 Å². The maximum Gasteiger partial charge on any atom is 0.237 e. The Labute approximate surface area is 139 Å². The van der Waals surface area contributed by atoms with E-state index in [0.29, 0.717) is 11.9 Å². The topological polar surface area (TPSA) is 85.8 Å². The van der Waals surface area contributed by atoms with E-state index in [1.165, 1.54) is 31.0 Å². The number of thioether (sulfide) groups is 1. The molecular weight excluding hydrogens is 314 g/mol. The second-order valence-electron chi connectivity index (χ2n) is 5.86. The molecule has 0 radical (unpaired) electrons. The molecule has 0 atom stereocenters. The largest absolute Gasteiger partial charge is 0.338 e. The highest BCUT2D eigenvalue weighted by molar-refractivity contribution is 7.99. The first-order valence-corrected chi connectivity index (χ1v) is 8.89. The molecule has 0 aliphatic heterocycles. The van der Waals surface area contributed by atoms with Gasteiger partial charge in [0, 0.05) is 12.1 Å². The summed E-state index contributed by atoms with van der Waals surface area (Å²) in [6.45, 7) is 3.78. The molecule has 0 unspecified atom stereocenters. The fourth-order valence-electron chi connectivity index (χ4n) is 2.93. The smallest absolute Gasteiger partial charge is 0.237 e. The molecule has 2 aromatic rings. The normalized spacial score (nSPS) is 15.7. The minimum absolute atomic E-state index is 0.137. The maximum absolute atomic E-state index is 12.0. The van der Waals surface area contributed by atoms with E-state index in [4.69, 9.17) is 4.52 Å². The summed E-state index contributed by atoms with van der Waals surface area (Å²) in [7, 11) is 0. The van der Waals surface area contributed by atoms with Crippen LogP contribution in [0.15, 0.2) is 15.7 Å². The number of carbonyl (C=O) groups is 1. The molecule has 23 heavy (non-hydrogen) atoms. The van der Waals surface area contributed by atoms with E-state index in [-0.39, 0.29) is 11.7 Å². The van der Waals surface area contributed by atoms with Crippen LogP contribution in [0.4, 0.5) is 5.88 Å². The summed E-state index contributed by atoms with van der Waals surface area (Å²) in [5, 5.41) is 15.7. The van der Waals surface area contributed by atoms with Crippen LogP contribution in [0.3, 0.4) is 0 Å². The second-order valence-corrected chi connectivity index (χ2v) is 6.80. The molecule has 1 fully saturated rings. The average molecular weight is 335 g/mol. The van der Waals surface area contributed by atoms with Gasteiger partial charge < -0.3 is 9.09 Å². The number of nitrogens with zero attached hydrogens (tertiary/aromatic N) is 4. The number of aryl methyl sites for hydroxylation is 2. The molecule has 3 rings (SSSR count). The van der Waals surface area contributed by atoms with Crippen LogP contribution < -0.4 is 5.32 Å². The summed E-state index contributed by atoms with van der Waals surface area (Å²) in [6.07, 6.45) is 6.13. The van der Waals surface area contributed by atoms with Gasteiger partial charge in [-0.2, -0.15) is 0 Å². The standard InChI is InChI=1S/C15H21N5O2S/c1-10-8-14(22-19-10)16-13(21)9-23-15-18-17-11(2)20(15)12-6-4-3-5-7-12/h8,12H,3-7,9H2,1-2H3,(H,16,21). The van der Waals surface area contributed by atoms with Crippen LogP contribution in [0.2, 0.25) is 0 Å². The SMILES string of the molecule is Cc1cc(NC(=O)CSc2nnc(C)n2C2CCCCC2)on1. The van der Waals surface area contributed by atoms with E-state index in [9.17, 15) is 4.79 Å². The zero-order chi connectivity index (χ0) is 16.2. The number of hydrogen-bond donors (Lipinski definition) is 1. The minimum atomic E-state index is -0.137. The van der Waals surface area contributed by atoms with Gasteiger partial charge in [-0.3, -0.25) is 10.1 Å². The fraction of sp³-hybridized carbons (Fsp3) is 0.600. The van der Waals surface area contributed by atoms with E-state index < -0.39 is 0 Å². The van der Waals surface area contributed by atoms with E-state index in [1.807, 2.05) is 13.8 Å². The monoisotopic (exact) mass is 335 g/mol. The van der Waals surface area contributed by atoms with Crippen molar-refractivity contribution in [2.45, 2.75) is 57.1 Å². The van der Waals surface area contributed by atoms with Crippen LogP contribution in [0.25, 0.3) is 0 Å². The Morgan fingerprint density at radius 1 is 1.35 bits per heavy atom. The van der Waals surface area contributed by atoms with Crippen molar-refractivity contribution in [3.63, 3.8) is 0 Å². The highest BCUT2D eigenvalue weighted by Crippen LogP contribution is 2.32. The summed E-state index contributed by atoms with van der Waals surface area (Å²) in [6, 6.07) is 2.15. The summed E-state index contributed by atoms with van der Waals surface area (Å²) in [5.74, 6) is 1.43. The van der Waals surface area contributed by atoms with Gasteiger partial charge in [0.1, 0.15) is 5.82 Å². The van der Waals surface area contributed by atoms with E-state index in [1.54, 1.807) is 6.07 Å². The van der Waals surface area contributed by atoms with Crippen molar-refractivity contribution in [1.82, 2.24) is 19.9 Å². The van der Waals surface area contributed by atoms with Gasteiger partial charge >= 0.3 is 0 Å². The molecule has 2 heterocycles. The van der Waals surface area contributed by atoms with Crippen LogP contribution in [0.1, 0.15) is 49.7 Å². The lowest BCUT2D eigenvalue weighted by molar-refractivity contribution is -0.113. The number of hydrogen-bond acceptors (Lipinski definition) is 6. The Morgan fingerprint density at radius 2 is 2.13 bits per heavy atom. The van der Waals surface area contributed by atoms with E-state index in [0.717, 1.165) is 29.5 Å². The molecule has 124 valence electrons. The first-order chi connectivity index (χ1) is 11.1. The van der Waals surface area contributed by atoms with Crippen molar-refractivity contribution in [3.05, 3.63) is 17.6 Å². The summed E-state index contributed by atoms with van der Waals surface area (Å²) in [5.41, 5.74) is 0.737. The molecule has 1 aliphatic carbocycles. The van der Waals surface area contributed by atoms with Crippen molar-refractivity contribution in [2.24, 2.45) is 0 Å². The number of anilines is 1. The summed E-state index contributed by atoms with van der Waals surface area (Å²) >= 11 is 1.41. The molecule has 0 spiro atoms. The second kappa shape index (κ2) is 7.16. The molecule has 1 saturated carbocycles. The number of aromatic nitrogens is 4. The Balaban J connectivity index is 1.60. The molecule has 8 heteroatoms. The van der Waals surface area contributed by atoms with Crippen LogP contribution >= 0.6 is 11.8 Å². The van der Waals surface area contributed by atoms with Crippen molar-refractivity contribution in [2.75, 3.05) is 11.1 Å². The highest BCUT2D eigenvalue weighted by Gasteiger charge is 2.21. The molecule has 0 aromatic carbocycles. The number of amides is 1. The zero-order valence-electron chi connectivity index (χ0n) is 13.4. The van der Waals surface area contributed by atoms with E-state index in [2.05, 4.69) is 25.2 Å². The third-order valence-corrected chi connectivity index (χ3v) is 4.94. The summed E-state index contributed by atoms with van der Waals surface area (Å²) in [4.78, 5) is 12.0. The molecule has 1 amide bonds. The number of nitrogens with one attached hydrogen (secondary N) is 1. The van der Waals surface area contributed by atoms with Crippen molar-refractivity contribution >= 4 is 23.6 Å². The number of carbonyl (C=O) groups excluding carboxylic acids is 1. The molecule has 0 saturated heterocycles. The molecule has 1 N–H and O–H groups in total. The lowest BCUT2D eigenvalue weighted by Crippen LogP contribution is -2.17. The van der Waals surface area contributed by atoms with Gasteiger partial charge in [0.25, 0.3) is 0 Å². The van der Waals surface area contributed by atoms with Gasteiger partial charge in [0.2, 0.25) is 11.8 Å². The molecule has 1 aliphatic rings. The predicted molar refractivity (Wildman–Crippen MR) is 87.5 cm³/mol. The van der Waals surface area contributed by atoms with Gasteiger partial charge in [-0.1, -0.05) is 36.2 Å². The van der Waals surface area contributed by atoms with Crippen molar-refractivity contribution in [1.29, 1.82) is 0 Å². The average Bonchev–Trinajstić information content (AvgIpc) is 3.12. The Kier molecular flexibility index (Phi) is 5.00. The number of rotatable bonds is 5. The highest BCUT2D eigenvalue weighted by atomic mass is 32.2. The molecule has 7 nitrogen and oxygen atoms in total. The zero-order valence-corrected chi connectivity index (χ0v) is 14.2.